The van der Waals surface area contributed by atoms with E-state index in [2.05, 4.69) is 0 Å². The van der Waals surface area contributed by atoms with Crippen molar-refractivity contribution in [2.24, 2.45) is 0 Å². The number of methoxy groups -OCH3 is 1. The first-order valence-corrected chi connectivity index (χ1v) is 4.78. The molecule has 4 nitrogen and oxygen atoms in total. The zero-order chi connectivity index (χ0) is 10.8. The molecule has 15 heavy (non-hydrogen) atoms. The lowest BCUT2D eigenvalue weighted by atomic mass is 10.2. The van der Waals surface area contributed by atoms with Crippen molar-refractivity contribution < 1.29 is 19.4 Å². The predicted molar refractivity (Wildman–Crippen MR) is 53.6 cm³/mol. The van der Waals surface area contributed by atoms with E-state index >= 15 is 0 Å². The molecular weight excluding hydrogens is 196 g/mol. The van der Waals surface area contributed by atoms with Crippen molar-refractivity contribution in [1.29, 1.82) is 0 Å². The molecule has 1 fully saturated rings. The van der Waals surface area contributed by atoms with Crippen LogP contribution in [-0.4, -0.2) is 24.3 Å². The van der Waals surface area contributed by atoms with Crippen LogP contribution in [0.1, 0.15) is 23.2 Å². The van der Waals surface area contributed by atoms with Crippen molar-refractivity contribution in [3.05, 3.63) is 23.8 Å². The summed E-state index contributed by atoms with van der Waals surface area (Å²) in [5.74, 6) is 0.0920. The Hall–Kier alpha value is -1.71. The molecule has 80 valence electrons. The van der Waals surface area contributed by atoms with Crippen LogP contribution in [0.15, 0.2) is 18.2 Å². The van der Waals surface area contributed by atoms with Crippen LogP contribution in [-0.2, 0) is 0 Å². The first-order chi connectivity index (χ1) is 7.19. The van der Waals surface area contributed by atoms with Crippen LogP contribution in [0.2, 0.25) is 0 Å². The number of benzene rings is 1. The Labute approximate surface area is 87.4 Å². The van der Waals surface area contributed by atoms with Crippen molar-refractivity contribution in [2.75, 3.05) is 7.11 Å². The van der Waals surface area contributed by atoms with Crippen LogP contribution >= 0.6 is 0 Å². The number of carboxylic acids is 1. The van der Waals surface area contributed by atoms with E-state index < -0.39 is 5.97 Å². The van der Waals surface area contributed by atoms with Crippen LogP contribution in [0, 0.1) is 0 Å². The normalized spacial score (nSPS) is 14.7. The van der Waals surface area contributed by atoms with E-state index in [1.54, 1.807) is 6.07 Å². The molecule has 0 radical (unpaired) electrons. The van der Waals surface area contributed by atoms with Crippen LogP contribution < -0.4 is 9.47 Å². The number of hydrogen-bond acceptors (Lipinski definition) is 3. The summed E-state index contributed by atoms with van der Waals surface area (Å²) in [6.07, 6.45) is 2.33. The Balaban J connectivity index is 2.27. The quantitative estimate of drug-likeness (QED) is 0.821. The van der Waals surface area contributed by atoms with Crippen LogP contribution in [0.4, 0.5) is 0 Å². The Bertz CT molecular complexity index is 382. The van der Waals surface area contributed by atoms with Gasteiger partial charge in [-0.25, -0.2) is 4.79 Å². The number of aromatic carboxylic acids is 1. The van der Waals surface area contributed by atoms with E-state index in [0.717, 1.165) is 12.8 Å². The van der Waals surface area contributed by atoms with Crippen molar-refractivity contribution in [2.45, 2.75) is 18.9 Å². The number of carboxylic acid groups (broad SMARTS) is 1. The fraction of sp³-hybridized carbons (Fsp3) is 0.364. The van der Waals surface area contributed by atoms with E-state index in [9.17, 15) is 4.79 Å². The average molecular weight is 208 g/mol. The smallest absolute Gasteiger partial charge is 0.335 e. The largest absolute Gasteiger partial charge is 0.497 e. The molecule has 2 rings (SSSR count). The van der Waals surface area contributed by atoms with Crippen molar-refractivity contribution >= 4 is 5.97 Å². The summed E-state index contributed by atoms with van der Waals surface area (Å²) < 4.78 is 10.5. The van der Waals surface area contributed by atoms with E-state index in [4.69, 9.17) is 14.6 Å². The van der Waals surface area contributed by atoms with E-state index in [1.807, 2.05) is 0 Å². The highest BCUT2D eigenvalue weighted by atomic mass is 16.5. The zero-order valence-corrected chi connectivity index (χ0v) is 8.40. The molecule has 0 amide bonds. The maximum Gasteiger partial charge on any atom is 0.335 e. The first kappa shape index (κ1) is 9.83. The number of hydrogen-bond donors (Lipinski definition) is 1. The molecule has 1 aliphatic rings. The number of ether oxygens (including phenoxy) is 2. The monoisotopic (exact) mass is 208 g/mol. The molecule has 0 atom stereocenters. The zero-order valence-electron chi connectivity index (χ0n) is 8.40. The molecule has 1 saturated carbocycles. The molecule has 0 unspecified atom stereocenters. The van der Waals surface area contributed by atoms with Gasteiger partial charge in [-0.2, -0.15) is 0 Å². The highest BCUT2D eigenvalue weighted by Gasteiger charge is 2.24. The summed E-state index contributed by atoms with van der Waals surface area (Å²) in [4.78, 5) is 10.8. The van der Waals surface area contributed by atoms with Gasteiger partial charge < -0.3 is 14.6 Å². The summed E-state index contributed by atoms with van der Waals surface area (Å²) in [6.45, 7) is 0. The summed E-state index contributed by atoms with van der Waals surface area (Å²) in [6, 6.07) is 4.69. The Kier molecular flexibility index (Phi) is 2.49. The van der Waals surface area contributed by atoms with Gasteiger partial charge in [0.2, 0.25) is 0 Å². The summed E-state index contributed by atoms with van der Waals surface area (Å²) in [7, 11) is 1.50. The Morgan fingerprint density at radius 3 is 2.53 bits per heavy atom. The van der Waals surface area contributed by atoms with Crippen LogP contribution in [0.25, 0.3) is 0 Å². The van der Waals surface area contributed by atoms with Gasteiger partial charge >= 0.3 is 5.97 Å². The molecule has 0 saturated heterocycles. The van der Waals surface area contributed by atoms with Crippen molar-refractivity contribution in [3.63, 3.8) is 0 Å². The SMILES string of the molecule is COc1cc(OC2CC2)cc(C(=O)O)c1. The molecule has 0 bridgehead atoms. The predicted octanol–water partition coefficient (Wildman–Crippen LogP) is 1.93. The highest BCUT2D eigenvalue weighted by Crippen LogP contribution is 2.30. The molecule has 1 aliphatic carbocycles. The van der Waals surface area contributed by atoms with Gasteiger partial charge in [-0.3, -0.25) is 0 Å². The number of rotatable bonds is 4. The van der Waals surface area contributed by atoms with Gasteiger partial charge in [-0.05, 0) is 25.0 Å². The molecule has 4 heteroatoms. The average Bonchev–Trinajstić information content (AvgIpc) is 3.01. The second-order valence-electron chi connectivity index (χ2n) is 3.52. The molecule has 1 aromatic rings. The summed E-state index contributed by atoms with van der Waals surface area (Å²) >= 11 is 0. The second-order valence-corrected chi connectivity index (χ2v) is 3.52. The molecule has 1 N–H and O–H groups in total. The minimum Gasteiger partial charge on any atom is -0.497 e. The van der Waals surface area contributed by atoms with Gasteiger partial charge in [0.25, 0.3) is 0 Å². The Morgan fingerprint density at radius 2 is 2.00 bits per heavy atom. The fourth-order valence-corrected chi connectivity index (χ4v) is 1.26. The maximum atomic E-state index is 10.8. The minimum absolute atomic E-state index is 0.185. The lowest BCUT2D eigenvalue weighted by Crippen LogP contribution is -2.01. The minimum atomic E-state index is -0.977. The lowest BCUT2D eigenvalue weighted by Gasteiger charge is -2.08. The Morgan fingerprint density at radius 1 is 1.33 bits per heavy atom. The van der Waals surface area contributed by atoms with Crippen molar-refractivity contribution in [1.82, 2.24) is 0 Å². The second kappa shape index (κ2) is 3.81. The van der Waals surface area contributed by atoms with Gasteiger partial charge in [0.05, 0.1) is 18.8 Å². The van der Waals surface area contributed by atoms with E-state index in [1.165, 1.54) is 19.2 Å². The first-order valence-electron chi connectivity index (χ1n) is 4.78. The van der Waals surface area contributed by atoms with Gasteiger partial charge in [0.1, 0.15) is 11.5 Å². The highest BCUT2D eigenvalue weighted by molar-refractivity contribution is 5.88. The third-order valence-corrected chi connectivity index (χ3v) is 2.19. The van der Waals surface area contributed by atoms with Crippen LogP contribution in [0.3, 0.4) is 0 Å². The topological polar surface area (TPSA) is 55.8 Å². The molecule has 0 heterocycles. The molecule has 1 aromatic carbocycles. The third-order valence-electron chi connectivity index (χ3n) is 2.19. The van der Waals surface area contributed by atoms with Crippen molar-refractivity contribution in [3.8, 4) is 11.5 Å². The van der Waals surface area contributed by atoms with Gasteiger partial charge in [0.15, 0.2) is 0 Å². The maximum absolute atomic E-state index is 10.8. The standard InChI is InChI=1S/C11H12O4/c1-14-9-4-7(11(12)13)5-10(6-9)15-8-2-3-8/h4-6,8H,2-3H2,1H3,(H,12,13). The molecular formula is C11H12O4. The lowest BCUT2D eigenvalue weighted by molar-refractivity contribution is 0.0696. The fourth-order valence-electron chi connectivity index (χ4n) is 1.26. The summed E-state index contributed by atoms with van der Waals surface area (Å²) in [5, 5.41) is 8.87. The molecule has 0 spiro atoms. The summed E-state index contributed by atoms with van der Waals surface area (Å²) in [5.41, 5.74) is 0.185. The number of carbonyl (C=O) groups is 1. The van der Waals surface area contributed by atoms with E-state index in [0.29, 0.717) is 11.5 Å². The van der Waals surface area contributed by atoms with Gasteiger partial charge in [-0.1, -0.05) is 0 Å². The van der Waals surface area contributed by atoms with Gasteiger partial charge in [-0.15, -0.1) is 0 Å². The molecule has 0 aliphatic heterocycles. The molecule has 0 aromatic heterocycles. The van der Waals surface area contributed by atoms with E-state index in [-0.39, 0.29) is 11.7 Å². The third kappa shape index (κ3) is 2.40. The van der Waals surface area contributed by atoms with Gasteiger partial charge in [0, 0.05) is 6.07 Å². The van der Waals surface area contributed by atoms with Crippen LogP contribution in [0.5, 0.6) is 11.5 Å².